The molecule has 4 rings (SSSR count). The first-order valence-corrected chi connectivity index (χ1v) is 11.1. The highest BCUT2D eigenvalue weighted by Crippen LogP contribution is 2.41. The van der Waals surface area contributed by atoms with Gasteiger partial charge in [-0.3, -0.25) is 0 Å². The Balaban J connectivity index is 1.71. The van der Waals surface area contributed by atoms with Crippen molar-refractivity contribution >= 4 is 21.5 Å². The van der Waals surface area contributed by atoms with Gasteiger partial charge >= 0.3 is 0 Å². The summed E-state index contributed by atoms with van der Waals surface area (Å²) in [4.78, 5) is 4.14. The van der Waals surface area contributed by atoms with Gasteiger partial charge in [0, 0.05) is 13.1 Å². The van der Waals surface area contributed by atoms with Crippen molar-refractivity contribution in [3.63, 3.8) is 0 Å². The Hall–Kier alpha value is -2.83. The van der Waals surface area contributed by atoms with Crippen molar-refractivity contribution in [1.29, 1.82) is 0 Å². The summed E-state index contributed by atoms with van der Waals surface area (Å²) in [6.07, 6.45) is -0.746. The summed E-state index contributed by atoms with van der Waals surface area (Å²) in [6.45, 7) is 5.09. The lowest BCUT2D eigenvalue weighted by Crippen LogP contribution is -2.46. The molecule has 1 heterocycles. The first-order valence-electron chi connectivity index (χ1n) is 9.66. The van der Waals surface area contributed by atoms with Gasteiger partial charge in [0.2, 0.25) is 6.35 Å². The van der Waals surface area contributed by atoms with E-state index in [1.807, 2.05) is 78.2 Å². The van der Waals surface area contributed by atoms with E-state index in [4.69, 9.17) is 4.18 Å². The molecule has 1 aliphatic rings. The van der Waals surface area contributed by atoms with Gasteiger partial charge in [0.05, 0.1) is 16.3 Å². The summed E-state index contributed by atoms with van der Waals surface area (Å²) in [5.74, 6) is 0. The van der Waals surface area contributed by atoms with Crippen LogP contribution in [0.4, 0.5) is 11.4 Å². The summed E-state index contributed by atoms with van der Waals surface area (Å²) in [5.41, 5.74) is 4.01. The van der Waals surface area contributed by atoms with Crippen LogP contribution in [0.3, 0.4) is 0 Å². The van der Waals surface area contributed by atoms with Gasteiger partial charge in [-0.1, -0.05) is 60.2 Å². The van der Waals surface area contributed by atoms with Gasteiger partial charge in [-0.05, 0) is 43.7 Å². The van der Waals surface area contributed by atoms with E-state index in [0.29, 0.717) is 13.1 Å². The van der Waals surface area contributed by atoms with Gasteiger partial charge < -0.3 is 9.80 Å². The maximum absolute atomic E-state index is 13.0. The molecule has 1 aliphatic heterocycles. The first kappa shape index (κ1) is 19.5. The van der Waals surface area contributed by atoms with Crippen LogP contribution in [0.25, 0.3) is 0 Å². The Kier molecular flexibility index (Phi) is 5.30. The maximum Gasteiger partial charge on any atom is 0.300 e. The molecule has 0 N–H and O–H groups in total. The zero-order chi connectivity index (χ0) is 20.4. The molecular formula is C23H24N2O3S. The molecule has 6 heteroatoms. The summed E-state index contributed by atoms with van der Waals surface area (Å²) in [6, 6.07) is 24.6. The van der Waals surface area contributed by atoms with E-state index in [-0.39, 0.29) is 4.90 Å². The van der Waals surface area contributed by atoms with Crippen LogP contribution in [0.1, 0.15) is 18.1 Å². The van der Waals surface area contributed by atoms with Crippen molar-refractivity contribution in [2.75, 3.05) is 16.3 Å². The number of hydrogen-bond donors (Lipinski definition) is 0. The second kappa shape index (κ2) is 7.89. The molecule has 3 aromatic rings. The van der Waals surface area contributed by atoms with E-state index in [9.17, 15) is 8.42 Å². The van der Waals surface area contributed by atoms with Crippen LogP contribution in [0.15, 0.2) is 83.8 Å². The van der Waals surface area contributed by atoms with E-state index in [0.717, 1.165) is 22.5 Å². The lowest BCUT2D eigenvalue weighted by molar-refractivity contribution is 0.204. The molecule has 0 fully saturated rings. The van der Waals surface area contributed by atoms with Gasteiger partial charge in [-0.25, -0.2) is 4.18 Å². The Labute approximate surface area is 172 Å². The first-order chi connectivity index (χ1) is 14.0. The number of benzene rings is 3. The third-order valence-electron chi connectivity index (χ3n) is 5.09. The summed E-state index contributed by atoms with van der Waals surface area (Å²) >= 11 is 0. The molecule has 1 atom stereocenters. The van der Waals surface area contributed by atoms with Gasteiger partial charge in [-0.15, -0.1) is 0 Å². The number of para-hydroxylation sites is 2. The lowest BCUT2D eigenvalue weighted by Gasteiger charge is -2.31. The highest BCUT2D eigenvalue weighted by atomic mass is 32.2. The van der Waals surface area contributed by atoms with E-state index in [1.165, 1.54) is 0 Å². The molecule has 0 amide bonds. The van der Waals surface area contributed by atoms with Crippen LogP contribution in [0, 0.1) is 6.92 Å². The Morgan fingerprint density at radius 3 is 2.03 bits per heavy atom. The average molecular weight is 409 g/mol. The molecule has 0 bridgehead atoms. The molecule has 0 aliphatic carbocycles. The third-order valence-corrected chi connectivity index (χ3v) is 6.37. The number of rotatable bonds is 6. The van der Waals surface area contributed by atoms with Gasteiger partial charge in [0.25, 0.3) is 10.1 Å². The summed E-state index contributed by atoms with van der Waals surface area (Å²) in [5, 5.41) is 0. The molecule has 3 aromatic carbocycles. The molecule has 0 aromatic heterocycles. The number of anilines is 2. The predicted molar refractivity (Wildman–Crippen MR) is 115 cm³/mol. The van der Waals surface area contributed by atoms with Crippen molar-refractivity contribution in [2.45, 2.75) is 31.6 Å². The van der Waals surface area contributed by atoms with E-state index in [1.54, 1.807) is 24.3 Å². The minimum Gasteiger partial charge on any atom is -0.326 e. The van der Waals surface area contributed by atoms with Crippen molar-refractivity contribution in [3.8, 4) is 0 Å². The van der Waals surface area contributed by atoms with Crippen molar-refractivity contribution in [3.05, 3.63) is 90.0 Å². The molecule has 5 nitrogen and oxygen atoms in total. The highest BCUT2D eigenvalue weighted by Gasteiger charge is 2.39. The molecule has 0 saturated carbocycles. The largest absolute Gasteiger partial charge is 0.326 e. The molecule has 29 heavy (non-hydrogen) atoms. The lowest BCUT2D eigenvalue weighted by atomic mass is 10.2. The van der Waals surface area contributed by atoms with Gasteiger partial charge in [0.15, 0.2) is 0 Å². The minimum absolute atomic E-state index is 0.162. The van der Waals surface area contributed by atoms with Crippen molar-refractivity contribution < 1.29 is 12.6 Å². The normalized spacial score (nSPS) is 16.1. The number of aryl methyl sites for hydroxylation is 1. The fourth-order valence-electron chi connectivity index (χ4n) is 3.60. The number of fused-ring (bicyclic) bond motifs is 1. The third kappa shape index (κ3) is 3.86. The molecule has 1 unspecified atom stereocenters. The Bertz CT molecular complexity index is 1080. The van der Waals surface area contributed by atoms with Crippen LogP contribution >= 0.6 is 0 Å². The average Bonchev–Trinajstić information content (AvgIpc) is 3.01. The zero-order valence-corrected chi connectivity index (χ0v) is 17.3. The van der Waals surface area contributed by atoms with Crippen molar-refractivity contribution in [1.82, 2.24) is 0 Å². The molecule has 0 saturated heterocycles. The smallest absolute Gasteiger partial charge is 0.300 e. The Morgan fingerprint density at radius 1 is 0.828 bits per heavy atom. The van der Waals surface area contributed by atoms with E-state index in [2.05, 4.69) is 0 Å². The van der Waals surface area contributed by atoms with Crippen molar-refractivity contribution in [2.24, 2.45) is 0 Å². The number of hydrogen-bond acceptors (Lipinski definition) is 5. The summed E-state index contributed by atoms with van der Waals surface area (Å²) in [7, 11) is -3.93. The standard InChI is InChI=1S/C23H24N2O3S/c1-3-24-21-11-7-8-12-22(21)25(17-19-9-5-4-6-10-19)23(24)28-29(26,27)20-15-13-18(2)14-16-20/h4-16,23H,3,17H2,1-2H3. The molecule has 0 spiro atoms. The van der Waals surface area contributed by atoms with Crippen LogP contribution in [-0.4, -0.2) is 21.3 Å². The highest BCUT2D eigenvalue weighted by molar-refractivity contribution is 7.86. The maximum atomic E-state index is 13.0. The fraction of sp³-hybridized carbons (Fsp3) is 0.217. The monoisotopic (exact) mass is 408 g/mol. The Morgan fingerprint density at radius 2 is 1.41 bits per heavy atom. The predicted octanol–water partition coefficient (Wildman–Crippen LogP) is 4.53. The quantitative estimate of drug-likeness (QED) is 0.561. The van der Waals surface area contributed by atoms with Crippen LogP contribution in [0.2, 0.25) is 0 Å². The summed E-state index contributed by atoms with van der Waals surface area (Å²) < 4.78 is 31.9. The van der Waals surface area contributed by atoms with Crippen LogP contribution < -0.4 is 9.80 Å². The number of nitrogens with zero attached hydrogens (tertiary/aromatic N) is 2. The van der Waals surface area contributed by atoms with Gasteiger partial charge in [0.1, 0.15) is 0 Å². The second-order valence-electron chi connectivity index (χ2n) is 7.08. The van der Waals surface area contributed by atoms with Crippen LogP contribution in [-0.2, 0) is 20.8 Å². The topological polar surface area (TPSA) is 49.9 Å². The minimum atomic E-state index is -3.93. The van der Waals surface area contributed by atoms with Gasteiger partial charge in [-0.2, -0.15) is 8.42 Å². The molecular weight excluding hydrogens is 384 g/mol. The SMILES string of the molecule is CCN1c2ccccc2N(Cc2ccccc2)C1OS(=O)(=O)c1ccc(C)cc1. The zero-order valence-electron chi connectivity index (χ0n) is 16.5. The molecule has 150 valence electrons. The van der Waals surface area contributed by atoms with E-state index >= 15 is 0 Å². The second-order valence-corrected chi connectivity index (χ2v) is 8.65. The fourth-order valence-corrected chi connectivity index (χ4v) is 4.62. The van der Waals surface area contributed by atoms with Crippen LogP contribution in [0.5, 0.6) is 0 Å². The van der Waals surface area contributed by atoms with E-state index < -0.39 is 16.5 Å². The molecule has 0 radical (unpaired) electrons.